The Morgan fingerprint density at radius 3 is 1.75 bits per heavy atom. The average molecular weight is 117 g/mol. The SMILES string of the molecule is CC(C)[N+](=O)N(C)C. The number of nitrogens with zero attached hydrogens (tertiary/aromatic N) is 2. The average Bonchev–Trinajstić information content (AvgIpc) is 1.64. The van der Waals surface area contributed by atoms with Gasteiger partial charge in [0.25, 0.3) is 0 Å². The van der Waals surface area contributed by atoms with E-state index in [2.05, 4.69) is 0 Å². The largest absolute Gasteiger partial charge is 0.229 e. The molecule has 0 aliphatic carbocycles. The summed E-state index contributed by atoms with van der Waals surface area (Å²) in [4.78, 5) is 11.6. The van der Waals surface area contributed by atoms with E-state index in [9.17, 15) is 4.91 Å². The van der Waals surface area contributed by atoms with Crippen molar-refractivity contribution in [3.05, 3.63) is 4.91 Å². The van der Waals surface area contributed by atoms with E-state index in [-0.39, 0.29) is 6.04 Å². The molecule has 0 atom stereocenters. The molecule has 0 aromatic carbocycles. The van der Waals surface area contributed by atoms with E-state index in [0.717, 1.165) is 4.87 Å². The van der Waals surface area contributed by atoms with Gasteiger partial charge in [-0.1, -0.05) is 0 Å². The van der Waals surface area contributed by atoms with Crippen LogP contribution >= 0.6 is 0 Å². The van der Waals surface area contributed by atoms with Crippen LogP contribution in [0.3, 0.4) is 0 Å². The van der Waals surface area contributed by atoms with Gasteiger partial charge in [-0.3, -0.25) is 0 Å². The first kappa shape index (κ1) is 7.40. The van der Waals surface area contributed by atoms with Crippen molar-refractivity contribution in [1.82, 2.24) is 5.01 Å². The lowest BCUT2D eigenvalue weighted by atomic mass is 10.4. The Labute approximate surface area is 49.8 Å². The molecule has 3 nitrogen and oxygen atoms in total. The van der Waals surface area contributed by atoms with Crippen LogP contribution in [-0.4, -0.2) is 30.0 Å². The molecule has 8 heavy (non-hydrogen) atoms. The highest BCUT2D eigenvalue weighted by atomic mass is 16.3. The van der Waals surface area contributed by atoms with Crippen molar-refractivity contribution in [3.63, 3.8) is 0 Å². The zero-order chi connectivity index (χ0) is 6.73. The molecule has 0 radical (unpaired) electrons. The lowest BCUT2D eigenvalue weighted by Gasteiger charge is -2.02. The molecular weight excluding hydrogens is 104 g/mol. The normalized spacial score (nSPS) is 9.62. The topological polar surface area (TPSA) is 23.3 Å². The van der Waals surface area contributed by atoms with Gasteiger partial charge in [0.05, 0.1) is 19.0 Å². The molecule has 0 heterocycles. The van der Waals surface area contributed by atoms with E-state index in [1.165, 1.54) is 5.01 Å². The highest BCUT2D eigenvalue weighted by molar-refractivity contribution is 4.27. The zero-order valence-electron chi connectivity index (χ0n) is 5.88. The summed E-state index contributed by atoms with van der Waals surface area (Å²) in [5, 5.41) is 1.52. The van der Waals surface area contributed by atoms with Crippen molar-refractivity contribution >= 4 is 0 Å². The standard InChI is InChI=1S/C5H13N2O/c1-5(2)7(8)6(3)4/h5H,1-4H3/q+1. The second-order valence-electron chi connectivity index (χ2n) is 2.24. The van der Waals surface area contributed by atoms with Gasteiger partial charge in [0.1, 0.15) is 4.87 Å². The molecule has 0 unspecified atom stereocenters. The monoisotopic (exact) mass is 117 g/mol. The minimum atomic E-state index is 0.0463. The van der Waals surface area contributed by atoms with E-state index in [1.807, 2.05) is 13.8 Å². The summed E-state index contributed by atoms with van der Waals surface area (Å²) < 4.78 is 0. The summed E-state index contributed by atoms with van der Waals surface area (Å²) in [5.41, 5.74) is 0. The molecule has 3 heteroatoms. The molecule has 0 saturated carbocycles. The maximum atomic E-state index is 10.7. The maximum absolute atomic E-state index is 10.7. The van der Waals surface area contributed by atoms with Crippen molar-refractivity contribution < 1.29 is 4.87 Å². The van der Waals surface area contributed by atoms with E-state index in [0.29, 0.717) is 0 Å². The Balaban J connectivity index is 3.65. The summed E-state index contributed by atoms with van der Waals surface area (Å²) in [5.74, 6) is 0. The Hall–Kier alpha value is -0.600. The third-order valence-corrected chi connectivity index (χ3v) is 0.836. The fourth-order valence-corrected chi connectivity index (χ4v) is 0.462. The summed E-state index contributed by atoms with van der Waals surface area (Å²) in [7, 11) is 3.46. The van der Waals surface area contributed by atoms with Gasteiger partial charge in [-0.25, -0.2) is 0 Å². The first-order valence-electron chi connectivity index (χ1n) is 2.69. The molecule has 0 fully saturated rings. The number of rotatable bonds is 2. The fourth-order valence-electron chi connectivity index (χ4n) is 0.462. The highest BCUT2D eigenvalue weighted by Crippen LogP contribution is 1.87. The quantitative estimate of drug-likeness (QED) is 0.391. The summed E-state index contributed by atoms with van der Waals surface area (Å²) in [6, 6.07) is 0.0463. The number of nitroso groups, excluding NO2 is 1. The van der Waals surface area contributed by atoms with Crippen LogP contribution in [0.5, 0.6) is 0 Å². The Kier molecular flexibility index (Phi) is 2.45. The summed E-state index contributed by atoms with van der Waals surface area (Å²) >= 11 is 0. The Bertz CT molecular complexity index is 78.4. The number of hydrazine groups is 1. The van der Waals surface area contributed by atoms with Crippen LogP contribution in [0.25, 0.3) is 0 Å². The van der Waals surface area contributed by atoms with Crippen LogP contribution in [0.4, 0.5) is 0 Å². The number of hydrogen-bond acceptors (Lipinski definition) is 1. The highest BCUT2D eigenvalue weighted by Gasteiger charge is 2.14. The zero-order valence-corrected chi connectivity index (χ0v) is 5.88. The van der Waals surface area contributed by atoms with Crippen LogP contribution in [0.1, 0.15) is 13.8 Å². The van der Waals surface area contributed by atoms with Crippen LogP contribution in [0.2, 0.25) is 0 Å². The maximum Gasteiger partial charge on any atom is 0.229 e. The van der Waals surface area contributed by atoms with Crippen LogP contribution in [-0.2, 0) is 0 Å². The van der Waals surface area contributed by atoms with Crippen molar-refractivity contribution in [2.75, 3.05) is 14.1 Å². The second kappa shape index (κ2) is 2.64. The third-order valence-electron chi connectivity index (χ3n) is 0.836. The van der Waals surface area contributed by atoms with Gasteiger partial charge < -0.3 is 0 Å². The van der Waals surface area contributed by atoms with Crippen LogP contribution in [0.15, 0.2) is 0 Å². The lowest BCUT2D eigenvalue weighted by molar-refractivity contribution is -0.719. The van der Waals surface area contributed by atoms with Gasteiger partial charge in [-0.2, -0.15) is 0 Å². The van der Waals surface area contributed by atoms with Crippen molar-refractivity contribution in [3.8, 4) is 0 Å². The molecule has 0 saturated heterocycles. The van der Waals surface area contributed by atoms with E-state index in [4.69, 9.17) is 0 Å². The van der Waals surface area contributed by atoms with Crippen molar-refractivity contribution in [2.45, 2.75) is 19.9 Å². The molecule has 0 aliphatic heterocycles. The second-order valence-corrected chi connectivity index (χ2v) is 2.24. The van der Waals surface area contributed by atoms with Crippen molar-refractivity contribution in [1.29, 1.82) is 0 Å². The molecule has 0 aromatic heterocycles. The van der Waals surface area contributed by atoms with Crippen molar-refractivity contribution in [2.24, 2.45) is 0 Å². The fraction of sp³-hybridized carbons (Fsp3) is 1.00. The van der Waals surface area contributed by atoms with Gasteiger partial charge in [-0.15, -0.1) is 5.01 Å². The molecule has 48 valence electrons. The predicted octanol–water partition coefficient (Wildman–Crippen LogP) is 0.650. The molecule has 0 bridgehead atoms. The smallest absolute Gasteiger partial charge is 0.147 e. The molecule has 0 aliphatic rings. The van der Waals surface area contributed by atoms with Gasteiger partial charge in [0.2, 0.25) is 6.04 Å². The predicted molar refractivity (Wildman–Crippen MR) is 32.5 cm³/mol. The molecule has 0 amide bonds. The van der Waals surface area contributed by atoms with Crippen LogP contribution in [0, 0.1) is 4.91 Å². The Morgan fingerprint density at radius 1 is 1.38 bits per heavy atom. The van der Waals surface area contributed by atoms with Gasteiger partial charge >= 0.3 is 0 Å². The van der Waals surface area contributed by atoms with Gasteiger partial charge in [0.15, 0.2) is 0 Å². The first-order chi connectivity index (χ1) is 3.55. The van der Waals surface area contributed by atoms with E-state index < -0.39 is 0 Å². The molecule has 0 aromatic rings. The molecular formula is C5H13N2O+. The molecule has 0 spiro atoms. The van der Waals surface area contributed by atoms with Gasteiger partial charge in [-0.05, 0) is 0 Å². The lowest BCUT2D eigenvalue weighted by Crippen LogP contribution is -2.30. The first-order valence-corrected chi connectivity index (χ1v) is 2.69. The van der Waals surface area contributed by atoms with Crippen LogP contribution < -0.4 is 0 Å². The Morgan fingerprint density at radius 2 is 1.75 bits per heavy atom. The van der Waals surface area contributed by atoms with E-state index in [1.54, 1.807) is 14.1 Å². The summed E-state index contributed by atoms with van der Waals surface area (Å²) in [6.45, 7) is 3.71. The molecule has 0 rings (SSSR count). The number of hydrogen-bond donors (Lipinski definition) is 0. The minimum Gasteiger partial charge on any atom is -0.147 e. The summed E-state index contributed by atoms with van der Waals surface area (Å²) in [6.07, 6.45) is 0. The van der Waals surface area contributed by atoms with E-state index >= 15 is 0 Å². The third kappa shape index (κ3) is 1.91. The van der Waals surface area contributed by atoms with Gasteiger partial charge in [0, 0.05) is 13.8 Å². The minimum absolute atomic E-state index is 0.0463. The molecule has 0 N–H and O–H groups in total.